The molecule has 2 atom stereocenters. The largest absolute Gasteiger partial charge is 0.354 e. The number of likely N-dealkylation sites (N-methyl/N-ethyl adjacent to an activating group) is 1. The molecule has 1 amide bonds. The number of nitrogens with one attached hydrogen (secondary N) is 2. The number of guanidine groups is 1. The molecule has 0 spiro atoms. The summed E-state index contributed by atoms with van der Waals surface area (Å²) in [6.07, 6.45) is 4.87. The normalized spacial score (nSPS) is 17.2. The van der Waals surface area contributed by atoms with Crippen LogP contribution in [0.1, 0.15) is 51.0 Å². The van der Waals surface area contributed by atoms with Crippen LogP contribution >= 0.6 is 24.0 Å². The first-order valence-electron chi connectivity index (χ1n) is 9.30. The molecule has 1 aliphatic rings. The Labute approximate surface area is 175 Å². The Balaban J connectivity index is 0.00000338. The molecule has 2 unspecified atom stereocenters. The molecule has 0 bridgehead atoms. The molecule has 1 aliphatic carbocycles. The Kier molecular flexibility index (Phi) is 9.98. The van der Waals surface area contributed by atoms with Gasteiger partial charge in [0.1, 0.15) is 6.54 Å². The lowest BCUT2D eigenvalue weighted by Gasteiger charge is -2.26. The van der Waals surface area contributed by atoms with Crippen LogP contribution in [0.25, 0.3) is 0 Å². The fourth-order valence-corrected chi connectivity index (χ4v) is 3.07. The van der Waals surface area contributed by atoms with Gasteiger partial charge in [0.2, 0.25) is 5.91 Å². The van der Waals surface area contributed by atoms with Gasteiger partial charge in [-0.1, -0.05) is 50.1 Å². The quantitative estimate of drug-likeness (QED) is 0.379. The second-order valence-electron chi connectivity index (χ2n) is 7.21. The first-order chi connectivity index (χ1) is 12.0. The second-order valence-corrected chi connectivity index (χ2v) is 7.21. The molecule has 26 heavy (non-hydrogen) atoms. The number of rotatable bonds is 6. The number of amides is 1. The van der Waals surface area contributed by atoms with Gasteiger partial charge in [0, 0.05) is 32.1 Å². The van der Waals surface area contributed by atoms with Crippen LogP contribution in [0.4, 0.5) is 0 Å². The molecule has 2 rings (SSSR count). The first kappa shape index (κ1) is 22.7. The number of hydrogen-bond donors (Lipinski definition) is 2. The van der Waals surface area contributed by atoms with Crippen LogP contribution in [0.5, 0.6) is 0 Å². The van der Waals surface area contributed by atoms with Crippen molar-refractivity contribution in [2.24, 2.45) is 4.99 Å². The highest BCUT2D eigenvalue weighted by Crippen LogP contribution is 2.19. The third-order valence-electron chi connectivity index (χ3n) is 5.01. The highest BCUT2D eigenvalue weighted by atomic mass is 127. The average molecular weight is 472 g/mol. The SMILES string of the molecule is CC(NC(=NCC(=O)N(C)C)NC1CCCC1)C(C)c1ccccc1.I. The van der Waals surface area contributed by atoms with Crippen LogP contribution in [0.3, 0.4) is 0 Å². The topological polar surface area (TPSA) is 56.7 Å². The molecule has 1 saturated carbocycles. The summed E-state index contributed by atoms with van der Waals surface area (Å²) in [6.45, 7) is 4.55. The van der Waals surface area contributed by atoms with E-state index in [4.69, 9.17) is 0 Å². The third kappa shape index (κ3) is 7.13. The zero-order valence-corrected chi connectivity index (χ0v) is 18.7. The summed E-state index contributed by atoms with van der Waals surface area (Å²) in [5, 5.41) is 7.02. The van der Waals surface area contributed by atoms with Gasteiger partial charge in [-0.2, -0.15) is 0 Å². The van der Waals surface area contributed by atoms with Crippen molar-refractivity contribution >= 4 is 35.8 Å². The molecule has 1 fully saturated rings. The summed E-state index contributed by atoms with van der Waals surface area (Å²) in [5.74, 6) is 1.11. The highest BCUT2D eigenvalue weighted by Gasteiger charge is 2.20. The maximum atomic E-state index is 11.9. The molecule has 0 aromatic heterocycles. The van der Waals surface area contributed by atoms with Crippen molar-refractivity contribution in [1.29, 1.82) is 0 Å². The minimum Gasteiger partial charge on any atom is -0.354 e. The zero-order valence-electron chi connectivity index (χ0n) is 16.4. The van der Waals surface area contributed by atoms with Crippen LogP contribution in [-0.2, 0) is 4.79 Å². The Morgan fingerprint density at radius 3 is 2.38 bits per heavy atom. The number of nitrogens with zero attached hydrogens (tertiary/aromatic N) is 2. The zero-order chi connectivity index (χ0) is 18.2. The van der Waals surface area contributed by atoms with E-state index in [1.807, 2.05) is 6.07 Å². The molecular weight excluding hydrogens is 439 g/mol. The summed E-state index contributed by atoms with van der Waals surface area (Å²) >= 11 is 0. The fourth-order valence-electron chi connectivity index (χ4n) is 3.07. The van der Waals surface area contributed by atoms with E-state index in [0.29, 0.717) is 12.0 Å². The van der Waals surface area contributed by atoms with Crippen LogP contribution in [0.15, 0.2) is 35.3 Å². The number of carbonyl (C=O) groups is 1. The number of carbonyl (C=O) groups excluding carboxylic acids is 1. The van der Waals surface area contributed by atoms with Crippen LogP contribution in [0, 0.1) is 0 Å². The van der Waals surface area contributed by atoms with Crippen LogP contribution < -0.4 is 10.6 Å². The standard InChI is InChI=1S/C20H32N4O.HI/c1-15(17-10-6-5-7-11-17)16(2)22-20(21-14-19(25)24(3)4)23-18-12-8-9-13-18;/h5-7,10-11,15-16,18H,8-9,12-14H2,1-4H3,(H2,21,22,23);1H. The van der Waals surface area contributed by atoms with Crippen molar-refractivity contribution in [1.82, 2.24) is 15.5 Å². The summed E-state index contributed by atoms with van der Waals surface area (Å²) in [7, 11) is 3.52. The van der Waals surface area contributed by atoms with Crippen molar-refractivity contribution in [3.8, 4) is 0 Å². The Bertz CT molecular complexity index is 570. The number of benzene rings is 1. The van der Waals surface area contributed by atoms with E-state index in [-0.39, 0.29) is 42.5 Å². The molecule has 6 heteroatoms. The van der Waals surface area contributed by atoms with Gasteiger partial charge in [0.05, 0.1) is 0 Å². The van der Waals surface area contributed by atoms with Gasteiger partial charge < -0.3 is 15.5 Å². The van der Waals surface area contributed by atoms with Gasteiger partial charge in [0.15, 0.2) is 5.96 Å². The molecule has 0 heterocycles. The molecular formula is C20H33IN4O. The lowest BCUT2D eigenvalue weighted by Crippen LogP contribution is -2.47. The number of hydrogen-bond acceptors (Lipinski definition) is 2. The van der Waals surface area contributed by atoms with Crippen LogP contribution in [0.2, 0.25) is 0 Å². The van der Waals surface area contributed by atoms with E-state index in [1.165, 1.54) is 31.2 Å². The van der Waals surface area contributed by atoms with E-state index in [2.05, 4.69) is 53.7 Å². The molecule has 1 aromatic rings. The van der Waals surface area contributed by atoms with Gasteiger partial charge in [-0.3, -0.25) is 4.79 Å². The monoisotopic (exact) mass is 472 g/mol. The molecule has 0 radical (unpaired) electrons. The van der Waals surface area contributed by atoms with E-state index < -0.39 is 0 Å². The maximum absolute atomic E-state index is 11.9. The summed E-state index contributed by atoms with van der Waals surface area (Å²) in [4.78, 5) is 18.0. The Morgan fingerprint density at radius 2 is 1.81 bits per heavy atom. The lowest BCUT2D eigenvalue weighted by molar-refractivity contribution is -0.127. The molecule has 0 saturated heterocycles. The van der Waals surface area contributed by atoms with E-state index in [9.17, 15) is 4.79 Å². The van der Waals surface area contributed by atoms with E-state index >= 15 is 0 Å². The van der Waals surface area contributed by atoms with Crippen molar-refractivity contribution in [3.05, 3.63) is 35.9 Å². The predicted molar refractivity (Wildman–Crippen MR) is 119 cm³/mol. The predicted octanol–water partition coefficient (Wildman–Crippen LogP) is 3.36. The maximum Gasteiger partial charge on any atom is 0.243 e. The van der Waals surface area contributed by atoms with Crippen molar-refractivity contribution in [2.75, 3.05) is 20.6 Å². The van der Waals surface area contributed by atoms with Gasteiger partial charge in [0.25, 0.3) is 0 Å². The number of halogens is 1. The second kappa shape index (κ2) is 11.4. The van der Waals surface area contributed by atoms with Crippen LogP contribution in [-0.4, -0.2) is 49.5 Å². The highest BCUT2D eigenvalue weighted by molar-refractivity contribution is 14.0. The average Bonchev–Trinajstić information content (AvgIpc) is 3.12. The van der Waals surface area contributed by atoms with E-state index in [0.717, 1.165) is 5.96 Å². The van der Waals surface area contributed by atoms with E-state index in [1.54, 1.807) is 19.0 Å². The summed E-state index contributed by atoms with van der Waals surface area (Å²) in [5.41, 5.74) is 1.30. The van der Waals surface area contributed by atoms with Gasteiger partial charge in [-0.05, 0) is 25.3 Å². The van der Waals surface area contributed by atoms with Crippen molar-refractivity contribution < 1.29 is 4.79 Å². The Morgan fingerprint density at radius 1 is 1.19 bits per heavy atom. The Hall–Kier alpha value is -1.31. The molecule has 1 aromatic carbocycles. The molecule has 0 aliphatic heterocycles. The lowest BCUT2D eigenvalue weighted by atomic mass is 9.94. The smallest absolute Gasteiger partial charge is 0.243 e. The molecule has 2 N–H and O–H groups in total. The van der Waals surface area contributed by atoms with Crippen molar-refractivity contribution in [2.45, 2.75) is 57.5 Å². The number of aliphatic imine (C=N–C) groups is 1. The van der Waals surface area contributed by atoms with Crippen molar-refractivity contribution in [3.63, 3.8) is 0 Å². The molecule has 5 nitrogen and oxygen atoms in total. The van der Waals surface area contributed by atoms with Gasteiger partial charge >= 0.3 is 0 Å². The minimum absolute atomic E-state index is 0. The third-order valence-corrected chi connectivity index (χ3v) is 5.01. The summed E-state index contributed by atoms with van der Waals surface area (Å²) < 4.78 is 0. The first-order valence-corrected chi connectivity index (χ1v) is 9.30. The van der Waals surface area contributed by atoms with Gasteiger partial charge in [-0.25, -0.2) is 4.99 Å². The van der Waals surface area contributed by atoms with Gasteiger partial charge in [-0.15, -0.1) is 24.0 Å². The minimum atomic E-state index is 0. The molecule has 146 valence electrons. The summed E-state index contributed by atoms with van der Waals surface area (Å²) in [6, 6.07) is 11.2. The fraction of sp³-hybridized carbons (Fsp3) is 0.600.